The van der Waals surface area contributed by atoms with Gasteiger partial charge in [-0.15, -0.1) is 0 Å². The Bertz CT molecular complexity index is 595. The van der Waals surface area contributed by atoms with Gasteiger partial charge in [-0.05, 0) is 11.6 Å². The molecule has 9 heteroatoms. The number of nitrogens with zero attached hydrogens (tertiary/aromatic N) is 3. The second-order valence-electron chi connectivity index (χ2n) is 3.43. The van der Waals surface area contributed by atoms with Crippen LogP contribution in [0.1, 0.15) is 11.1 Å². The van der Waals surface area contributed by atoms with Crippen LogP contribution >= 0.6 is 0 Å². The molecule has 2 aromatic rings. The van der Waals surface area contributed by atoms with E-state index in [0.29, 0.717) is 11.1 Å². The molecule has 0 aliphatic heterocycles. The zero-order valence-electron chi connectivity index (χ0n) is 13.1. The minimum Gasteiger partial charge on any atom is -2.00 e. The van der Waals surface area contributed by atoms with E-state index in [2.05, 4.69) is 15.2 Å². The van der Waals surface area contributed by atoms with Crippen molar-refractivity contribution in [3.05, 3.63) is 59.9 Å². The average Bonchev–Trinajstić information content (AvgIpc) is 2.61. The van der Waals surface area contributed by atoms with Gasteiger partial charge in [-0.25, -0.2) is 0 Å². The molecule has 1 heterocycles. The predicted octanol–water partition coefficient (Wildman–Crippen LogP) is -1.24. The Kier molecular flexibility index (Phi) is 19.0. The number of aliphatic hydroxyl groups excluding tert-OH is 1. The summed E-state index contributed by atoms with van der Waals surface area (Å²) < 4.78 is 0. The van der Waals surface area contributed by atoms with E-state index in [4.69, 9.17) is 10.2 Å². The SMILES string of the molecule is CO.C[O-].[O-2].[O-]/C(=N\N=C\c1ccccc1[O-])c1cccnc1.[V]. The molecule has 0 spiro atoms. The summed E-state index contributed by atoms with van der Waals surface area (Å²) in [6, 6.07) is 9.61. The number of aromatic nitrogens is 1. The van der Waals surface area contributed by atoms with Crippen molar-refractivity contribution in [2.45, 2.75) is 0 Å². The summed E-state index contributed by atoms with van der Waals surface area (Å²) in [6.45, 7) is 0. The first kappa shape index (κ1) is 26.7. The molecule has 0 amide bonds. The van der Waals surface area contributed by atoms with E-state index < -0.39 is 5.90 Å². The Labute approximate surface area is 152 Å². The zero-order chi connectivity index (χ0) is 16.8. The molecule has 24 heavy (non-hydrogen) atoms. The van der Waals surface area contributed by atoms with Gasteiger partial charge in [0.25, 0.3) is 0 Å². The molecule has 0 atom stereocenters. The fourth-order valence-electron chi connectivity index (χ4n) is 1.28. The number of benzene rings is 1. The third-order valence-electron chi connectivity index (χ3n) is 2.17. The van der Waals surface area contributed by atoms with Crippen LogP contribution in [0.15, 0.2) is 59.0 Å². The Morgan fingerprint density at radius 2 is 1.75 bits per heavy atom. The molecule has 0 aliphatic rings. The molecule has 1 N–H and O–H groups in total. The molecule has 2 rings (SSSR count). The van der Waals surface area contributed by atoms with Gasteiger partial charge in [-0.2, -0.15) is 17.3 Å². The van der Waals surface area contributed by atoms with Crippen molar-refractivity contribution in [3.63, 3.8) is 0 Å². The van der Waals surface area contributed by atoms with Crippen LogP contribution < -0.4 is 15.3 Å². The molecular formula is C15H16N3O5V-5. The Morgan fingerprint density at radius 1 is 1.12 bits per heavy atom. The molecule has 0 unspecified atom stereocenters. The number of aliphatic hydroxyl groups is 1. The second kappa shape index (κ2) is 17.1. The Hall–Kier alpha value is -2.23. The first-order chi connectivity index (χ1) is 10.8. The van der Waals surface area contributed by atoms with Crippen LogP contribution in [0.2, 0.25) is 0 Å². The summed E-state index contributed by atoms with van der Waals surface area (Å²) in [5, 5.41) is 45.2. The quantitative estimate of drug-likeness (QED) is 0.407. The van der Waals surface area contributed by atoms with E-state index in [1.54, 1.807) is 36.5 Å². The van der Waals surface area contributed by atoms with Gasteiger partial charge in [-0.3, -0.25) is 4.98 Å². The van der Waals surface area contributed by atoms with E-state index >= 15 is 0 Å². The van der Waals surface area contributed by atoms with E-state index in [-0.39, 0.29) is 29.8 Å². The molecule has 1 aromatic heterocycles. The van der Waals surface area contributed by atoms with Crippen LogP contribution in [0, 0.1) is 0 Å². The van der Waals surface area contributed by atoms with Crippen LogP contribution in [0.4, 0.5) is 0 Å². The van der Waals surface area contributed by atoms with Gasteiger partial charge >= 0.3 is 0 Å². The molecule has 0 saturated carbocycles. The summed E-state index contributed by atoms with van der Waals surface area (Å²) in [4.78, 5) is 3.80. The summed E-state index contributed by atoms with van der Waals surface area (Å²) in [5.41, 5.74) is 0.741. The molecule has 0 saturated heterocycles. The largest absolute Gasteiger partial charge is 2.00 e. The fourth-order valence-corrected chi connectivity index (χ4v) is 1.28. The number of hydrogen-bond acceptors (Lipinski definition) is 7. The van der Waals surface area contributed by atoms with Gasteiger partial charge in [0.2, 0.25) is 0 Å². The third-order valence-corrected chi connectivity index (χ3v) is 2.17. The smallest absolute Gasteiger partial charge is 0.0561 e. The maximum absolute atomic E-state index is 11.5. The van der Waals surface area contributed by atoms with Crippen LogP contribution in [0.5, 0.6) is 5.75 Å². The number of rotatable bonds is 3. The third kappa shape index (κ3) is 9.72. The average molecular weight is 369 g/mol. The molecule has 0 bridgehead atoms. The number of pyridine rings is 1. The topological polar surface area (TPSA) is 156 Å². The monoisotopic (exact) mass is 369 g/mol. The Morgan fingerprint density at radius 3 is 2.29 bits per heavy atom. The first-order valence-corrected chi connectivity index (χ1v) is 6.07. The molecule has 8 nitrogen and oxygen atoms in total. The minimum absolute atomic E-state index is 0. The predicted molar refractivity (Wildman–Crippen MR) is 79.0 cm³/mol. The van der Waals surface area contributed by atoms with Gasteiger partial charge in [0.15, 0.2) is 0 Å². The molecular weight excluding hydrogens is 353 g/mol. The summed E-state index contributed by atoms with van der Waals surface area (Å²) >= 11 is 0. The van der Waals surface area contributed by atoms with Gasteiger partial charge < -0.3 is 25.9 Å². The van der Waals surface area contributed by atoms with Crippen molar-refractivity contribution in [2.24, 2.45) is 10.2 Å². The fraction of sp³-hybridized carbons (Fsp3) is 0.133. The summed E-state index contributed by atoms with van der Waals surface area (Å²) in [5.74, 6) is -0.659. The number of hydrogen-bond donors (Lipinski definition) is 1. The molecule has 131 valence electrons. The summed E-state index contributed by atoms with van der Waals surface area (Å²) in [6.07, 6.45) is 4.23. The van der Waals surface area contributed by atoms with Gasteiger partial charge in [-0.1, -0.05) is 36.1 Å². The molecule has 0 fully saturated rings. The molecule has 0 aliphatic carbocycles. The number of para-hydroxylation sites is 1. The van der Waals surface area contributed by atoms with Crippen molar-refractivity contribution in [2.75, 3.05) is 14.2 Å². The zero-order valence-corrected chi connectivity index (χ0v) is 14.5. The normalized spacial score (nSPS) is 9.42. The summed E-state index contributed by atoms with van der Waals surface area (Å²) in [7, 11) is 1.75. The van der Waals surface area contributed by atoms with Gasteiger partial charge in [0, 0.05) is 49.5 Å². The van der Waals surface area contributed by atoms with Crippen LogP contribution in [-0.2, 0) is 24.0 Å². The molecule has 1 radical (unpaired) electrons. The van der Waals surface area contributed by atoms with Crippen molar-refractivity contribution in [1.82, 2.24) is 4.98 Å². The van der Waals surface area contributed by atoms with Crippen molar-refractivity contribution >= 4 is 12.1 Å². The molecule has 1 aromatic carbocycles. The van der Waals surface area contributed by atoms with Crippen molar-refractivity contribution < 1.29 is 44.5 Å². The van der Waals surface area contributed by atoms with E-state index in [1.165, 1.54) is 18.5 Å². The maximum atomic E-state index is 11.5. The first-order valence-electron chi connectivity index (χ1n) is 6.07. The van der Waals surface area contributed by atoms with Crippen molar-refractivity contribution in [1.29, 1.82) is 0 Å². The van der Waals surface area contributed by atoms with Gasteiger partial charge in [0.1, 0.15) is 0 Å². The van der Waals surface area contributed by atoms with Crippen LogP contribution in [0.25, 0.3) is 0 Å². The Balaban J connectivity index is -0.000000684. The van der Waals surface area contributed by atoms with Crippen molar-refractivity contribution in [3.8, 4) is 5.75 Å². The van der Waals surface area contributed by atoms with Crippen LogP contribution in [-0.4, -0.2) is 36.4 Å². The minimum atomic E-state index is -0.497. The van der Waals surface area contributed by atoms with E-state index in [1.807, 2.05) is 0 Å². The second-order valence-corrected chi connectivity index (χ2v) is 3.43. The van der Waals surface area contributed by atoms with Crippen LogP contribution in [0.3, 0.4) is 0 Å². The standard InChI is InChI=1S/C13H11N3O2.CH4O.CH3O.O.V/c17-12-6-2-1-4-10(12)9-15-16-13(18)11-5-3-7-14-8-11;2*1-2;;/h1-9,17H,(H,16,18);2H,1H3;1H3;;/q;;-1;-2;/p-2/b15-9+;;;;. The maximum Gasteiger partial charge on any atom is 0.0561 e. The van der Waals surface area contributed by atoms with E-state index in [0.717, 1.165) is 14.2 Å². The van der Waals surface area contributed by atoms with Gasteiger partial charge in [0.05, 0.1) is 6.21 Å². The van der Waals surface area contributed by atoms with E-state index in [9.17, 15) is 10.2 Å².